The minimum Gasteiger partial charge on any atom is -0.468 e. The number of carbonyl (C=O) groups is 2. The molecule has 2 N–H and O–H groups in total. The van der Waals surface area contributed by atoms with Crippen molar-refractivity contribution in [2.45, 2.75) is 51.7 Å². The van der Waals surface area contributed by atoms with Crippen LogP contribution in [0.2, 0.25) is 0 Å². The highest BCUT2D eigenvalue weighted by molar-refractivity contribution is 6.05. The van der Waals surface area contributed by atoms with E-state index in [0.29, 0.717) is 23.3 Å². The highest BCUT2D eigenvalue weighted by Crippen LogP contribution is 2.24. The molecular formula is C26H31N5O5. The summed E-state index contributed by atoms with van der Waals surface area (Å²) in [5.74, 6) is -0.589. The zero-order valence-corrected chi connectivity index (χ0v) is 21.0. The second kappa shape index (κ2) is 10.4. The van der Waals surface area contributed by atoms with Gasteiger partial charge in [-0.15, -0.1) is 0 Å². The number of amides is 1. The van der Waals surface area contributed by atoms with Gasteiger partial charge in [0, 0.05) is 18.7 Å². The van der Waals surface area contributed by atoms with Gasteiger partial charge >= 0.3 is 5.97 Å². The Balaban J connectivity index is 1.70. The summed E-state index contributed by atoms with van der Waals surface area (Å²) in [6, 6.07) is 8.77. The van der Waals surface area contributed by atoms with Crippen LogP contribution in [0.3, 0.4) is 0 Å². The summed E-state index contributed by atoms with van der Waals surface area (Å²) >= 11 is 0. The third kappa shape index (κ3) is 5.54. The largest absolute Gasteiger partial charge is 0.468 e. The molecular weight excluding hydrogens is 462 g/mol. The standard InChI is InChI=1S/C26H31N5O5/c1-26(2,3)17-9-7-16(8-10-17)24(33)30-20-12-19-22(27-13-18-6-5-11-36-18)28-15-29-23(19)31(25(20)34)14-21(32)35-4/h7-10,12,15,18H,5-6,11,13-14H2,1-4H3,(H,30,33)(H,27,28,29)/t18-/m0/s1. The molecule has 4 rings (SSSR count). The number of methoxy groups -OCH3 is 1. The molecule has 3 heterocycles. The lowest BCUT2D eigenvalue weighted by Gasteiger charge is -2.19. The number of esters is 1. The summed E-state index contributed by atoms with van der Waals surface area (Å²) in [7, 11) is 1.24. The number of nitrogens with zero attached hydrogens (tertiary/aromatic N) is 3. The highest BCUT2D eigenvalue weighted by Gasteiger charge is 2.21. The summed E-state index contributed by atoms with van der Waals surface area (Å²) in [6.07, 6.45) is 3.33. The van der Waals surface area contributed by atoms with Crippen LogP contribution in [-0.2, 0) is 26.2 Å². The van der Waals surface area contributed by atoms with Crippen LogP contribution in [0.5, 0.6) is 0 Å². The van der Waals surface area contributed by atoms with Crippen LogP contribution in [0.25, 0.3) is 11.0 Å². The van der Waals surface area contributed by atoms with Crippen molar-refractivity contribution in [3.63, 3.8) is 0 Å². The Morgan fingerprint density at radius 1 is 1.19 bits per heavy atom. The number of carbonyl (C=O) groups excluding carboxylic acids is 2. The average Bonchev–Trinajstić information content (AvgIpc) is 3.38. The van der Waals surface area contributed by atoms with Gasteiger partial charge < -0.3 is 20.1 Å². The van der Waals surface area contributed by atoms with Gasteiger partial charge in [-0.1, -0.05) is 32.9 Å². The van der Waals surface area contributed by atoms with Gasteiger partial charge in [-0.3, -0.25) is 19.0 Å². The van der Waals surface area contributed by atoms with Gasteiger partial charge in [0.15, 0.2) is 0 Å². The van der Waals surface area contributed by atoms with E-state index in [4.69, 9.17) is 9.47 Å². The Hall–Kier alpha value is -3.79. The van der Waals surface area contributed by atoms with E-state index >= 15 is 0 Å². The maximum atomic E-state index is 13.3. The number of pyridine rings is 1. The van der Waals surface area contributed by atoms with Crippen LogP contribution in [0, 0.1) is 0 Å². The maximum Gasteiger partial charge on any atom is 0.325 e. The fourth-order valence-electron chi connectivity index (χ4n) is 4.08. The van der Waals surface area contributed by atoms with Crippen LogP contribution in [-0.4, -0.2) is 52.8 Å². The molecule has 1 aliphatic rings. The normalized spacial score (nSPS) is 15.6. The Bertz CT molecular complexity index is 1320. The van der Waals surface area contributed by atoms with E-state index in [9.17, 15) is 14.4 Å². The number of hydrogen-bond donors (Lipinski definition) is 2. The number of fused-ring (bicyclic) bond motifs is 1. The molecule has 1 aliphatic heterocycles. The molecule has 10 nitrogen and oxygen atoms in total. The Labute approximate surface area is 209 Å². The van der Waals surface area contributed by atoms with Crippen molar-refractivity contribution in [2.24, 2.45) is 0 Å². The van der Waals surface area contributed by atoms with Gasteiger partial charge in [0.25, 0.3) is 11.5 Å². The van der Waals surface area contributed by atoms with Crippen LogP contribution in [0.1, 0.15) is 49.5 Å². The number of aromatic nitrogens is 3. The fourth-order valence-corrected chi connectivity index (χ4v) is 4.08. The first-order valence-corrected chi connectivity index (χ1v) is 11.9. The molecule has 1 aromatic carbocycles. The third-order valence-electron chi connectivity index (χ3n) is 6.18. The minimum atomic E-state index is -0.618. The van der Waals surface area contributed by atoms with Crippen LogP contribution in [0.4, 0.5) is 11.5 Å². The van der Waals surface area contributed by atoms with E-state index in [1.54, 1.807) is 12.1 Å². The summed E-state index contributed by atoms with van der Waals surface area (Å²) in [4.78, 5) is 47.0. The van der Waals surface area contributed by atoms with E-state index in [-0.39, 0.29) is 29.4 Å². The fraction of sp³-hybridized carbons (Fsp3) is 0.423. The molecule has 2 aromatic heterocycles. The topological polar surface area (TPSA) is 124 Å². The van der Waals surface area contributed by atoms with Crippen molar-refractivity contribution < 1.29 is 19.1 Å². The van der Waals surface area contributed by atoms with Gasteiger partial charge in [0.2, 0.25) is 0 Å². The molecule has 1 amide bonds. The smallest absolute Gasteiger partial charge is 0.325 e. The van der Waals surface area contributed by atoms with Crippen molar-refractivity contribution in [1.82, 2.24) is 14.5 Å². The average molecular weight is 494 g/mol. The molecule has 0 radical (unpaired) electrons. The predicted octanol–water partition coefficient (Wildman–Crippen LogP) is 3.11. The molecule has 10 heteroatoms. The van der Waals surface area contributed by atoms with Gasteiger partial charge in [0.05, 0.1) is 18.6 Å². The summed E-state index contributed by atoms with van der Waals surface area (Å²) in [5.41, 5.74) is 1.12. The first-order valence-electron chi connectivity index (χ1n) is 11.9. The van der Waals surface area contributed by atoms with E-state index in [1.165, 1.54) is 24.1 Å². The van der Waals surface area contributed by atoms with Gasteiger partial charge in [-0.2, -0.15) is 0 Å². The molecule has 0 unspecified atom stereocenters. The molecule has 0 bridgehead atoms. The molecule has 1 fully saturated rings. The molecule has 3 aromatic rings. The Morgan fingerprint density at radius 3 is 2.58 bits per heavy atom. The summed E-state index contributed by atoms with van der Waals surface area (Å²) in [6.45, 7) is 7.17. The van der Waals surface area contributed by atoms with Crippen LogP contribution < -0.4 is 16.2 Å². The third-order valence-corrected chi connectivity index (χ3v) is 6.18. The Kier molecular flexibility index (Phi) is 7.35. The molecule has 0 spiro atoms. The van der Waals surface area contributed by atoms with E-state index < -0.39 is 17.4 Å². The number of anilines is 2. The van der Waals surface area contributed by atoms with Crippen molar-refractivity contribution in [2.75, 3.05) is 30.9 Å². The van der Waals surface area contributed by atoms with E-state index in [1.807, 2.05) is 12.1 Å². The second-order valence-electron chi connectivity index (χ2n) is 9.78. The van der Waals surface area contributed by atoms with Gasteiger partial charge in [-0.25, -0.2) is 9.97 Å². The first-order chi connectivity index (χ1) is 17.2. The molecule has 0 saturated carbocycles. The lowest BCUT2D eigenvalue weighted by atomic mass is 9.87. The molecule has 1 atom stereocenters. The zero-order chi connectivity index (χ0) is 25.9. The van der Waals surface area contributed by atoms with Crippen LogP contribution in [0.15, 0.2) is 41.5 Å². The molecule has 1 saturated heterocycles. The monoisotopic (exact) mass is 493 g/mol. The van der Waals surface area contributed by atoms with Crippen molar-refractivity contribution in [1.29, 1.82) is 0 Å². The van der Waals surface area contributed by atoms with Crippen LogP contribution >= 0.6 is 0 Å². The van der Waals surface area contributed by atoms with Crippen molar-refractivity contribution in [3.05, 3.63) is 58.1 Å². The van der Waals surface area contributed by atoms with Gasteiger partial charge in [-0.05, 0) is 42.0 Å². The van der Waals surface area contributed by atoms with Crippen molar-refractivity contribution >= 4 is 34.4 Å². The molecule has 190 valence electrons. The number of rotatable bonds is 7. The predicted molar refractivity (Wildman–Crippen MR) is 136 cm³/mol. The second-order valence-corrected chi connectivity index (χ2v) is 9.78. The number of benzene rings is 1. The summed E-state index contributed by atoms with van der Waals surface area (Å²) < 4.78 is 11.6. The summed E-state index contributed by atoms with van der Waals surface area (Å²) in [5, 5.41) is 6.44. The SMILES string of the molecule is COC(=O)Cn1c(=O)c(NC(=O)c2ccc(C(C)(C)C)cc2)cc2c(NC[C@@H]3CCCO3)ncnc21. The minimum absolute atomic E-state index is 0.00580. The number of hydrogen-bond acceptors (Lipinski definition) is 8. The highest BCUT2D eigenvalue weighted by atomic mass is 16.5. The number of nitrogens with one attached hydrogen (secondary N) is 2. The maximum absolute atomic E-state index is 13.3. The zero-order valence-electron chi connectivity index (χ0n) is 21.0. The lowest BCUT2D eigenvalue weighted by molar-refractivity contribution is -0.141. The first kappa shape index (κ1) is 25.3. The van der Waals surface area contributed by atoms with E-state index in [0.717, 1.165) is 25.0 Å². The Morgan fingerprint density at radius 2 is 1.94 bits per heavy atom. The quantitative estimate of drug-likeness (QED) is 0.481. The van der Waals surface area contributed by atoms with E-state index in [2.05, 4.69) is 41.4 Å². The molecule has 36 heavy (non-hydrogen) atoms. The number of ether oxygens (including phenoxy) is 2. The lowest BCUT2D eigenvalue weighted by Crippen LogP contribution is -2.30. The van der Waals surface area contributed by atoms with Crippen molar-refractivity contribution in [3.8, 4) is 0 Å². The molecule has 0 aliphatic carbocycles. The van der Waals surface area contributed by atoms with Gasteiger partial charge in [0.1, 0.15) is 30.0 Å².